The normalized spacial score (nSPS) is 11.5. The molecular formula is C18H20N4O2. The van der Waals surface area contributed by atoms with E-state index in [2.05, 4.69) is 16.9 Å². The average molecular weight is 324 g/mol. The number of carbonyl (C=O) groups is 2. The van der Waals surface area contributed by atoms with Gasteiger partial charge in [-0.3, -0.25) is 14.6 Å². The van der Waals surface area contributed by atoms with E-state index in [-0.39, 0.29) is 11.7 Å². The van der Waals surface area contributed by atoms with Crippen LogP contribution in [0.25, 0.3) is 0 Å². The van der Waals surface area contributed by atoms with Gasteiger partial charge in [-0.2, -0.15) is 0 Å². The molecule has 0 spiro atoms. The molecule has 0 saturated heterocycles. The Balaban J connectivity index is 2.06. The van der Waals surface area contributed by atoms with Crippen LogP contribution in [0.3, 0.4) is 0 Å². The second-order valence-electron chi connectivity index (χ2n) is 5.28. The van der Waals surface area contributed by atoms with Crippen molar-refractivity contribution >= 4 is 23.1 Å². The third kappa shape index (κ3) is 4.27. The number of Topliss-reactive ketones (excluding diaryl/α,β-unsaturated/α-hetero) is 1. The molecule has 0 aliphatic carbocycles. The van der Waals surface area contributed by atoms with Gasteiger partial charge < -0.3 is 16.8 Å². The second kappa shape index (κ2) is 8.03. The van der Waals surface area contributed by atoms with Crippen LogP contribution in [0.2, 0.25) is 0 Å². The fraction of sp³-hybridized carbons (Fsp3) is 0.167. The first-order chi connectivity index (χ1) is 11.5. The molecule has 0 aliphatic heterocycles. The number of benzene rings is 1. The van der Waals surface area contributed by atoms with Crippen LogP contribution in [0.15, 0.2) is 55.3 Å². The quantitative estimate of drug-likeness (QED) is 0.535. The predicted octanol–water partition coefficient (Wildman–Crippen LogP) is 2.45. The summed E-state index contributed by atoms with van der Waals surface area (Å²) in [4.78, 5) is 28.2. The Morgan fingerprint density at radius 3 is 2.62 bits per heavy atom. The van der Waals surface area contributed by atoms with E-state index in [1.807, 2.05) is 0 Å². The zero-order valence-electron chi connectivity index (χ0n) is 13.2. The summed E-state index contributed by atoms with van der Waals surface area (Å²) in [5.74, 6) is -0.449. The summed E-state index contributed by atoms with van der Waals surface area (Å²) >= 11 is 0. The first-order valence-corrected chi connectivity index (χ1v) is 7.54. The van der Waals surface area contributed by atoms with Crippen LogP contribution in [0.4, 0.5) is 11.4 Å². The highest BCUT2D eigenvalue weighted by molar-refractivity contribution is 6.05. The van der Waals surface area contributed by atoms with Gasteiger partial charge in [0.05, 0.1) is 22.6 Å². The van der Waals surface area contributed by atoms with E-state index in [0.29, 0.717) is 35.5 Å². The molecule has 1 unspecified atom stereocenters. The lowest BCUT2D eigenvalue weighted by Gasteiger charge is -2.11. The number of aromatic nitrogens is 1. The molecule has 1 heterocycles. The Morgan fingerprint density at radius 2 is 2.00 bits per heavy atom. The van der Waals surface area contributed by atoms with Crippen molar-refractivity contribution in [1.82, 2.24) is 4.98 Å². The Kier molecular flexibility index (Phi) is 5.81. The SMILES string of the molecule is C=CCCC(=O)C(N)c1ccc(C(=O)Nc2ccccc2N)cn1. The van der Waals surface area contributed by atoms with Gasteiger partial charge in [0.2, 0.25) is 0 Å². The van der Waals surface area contributed by atoms with Gasteiger partial charge in [-0.05, 0) is 30.7 Å². The lowest BCUT2D eigenvalue weighted by Crippen LogP contribution is -2.22. The van der Waals surface area contributed by atoms with E-state index in [4.69, 9.17) is 11.5 Å². The van der Waals surface area contributed by atoms with E-state index in [9.17, 15) is 9.59 Å². The molecule has 24 heavy (non-hydrogen) atoms. The minimum absolute atomic E-state index is 0.114. The highest BCUT2D eigenvalue weighted by Crippen LogP contribution is 2.18. The second-order valence-corrected chi connectivity index (χ2v) is 5.28. The molecule has 1 aromatic carbocycles. The molecule has 2 rings (SSSR count). The van der Waals surface area contributed by atoms with Crippen molar-refractivity contribution in [1.29, 1.82) is 0 Å². The van der Waals surface area contributed by atoms with E-state index < -0.39 is 6.04 Å². The molecule has 1 amide bonds. The maximum atomic E-state index is 12.2. The van der Waals surface area contributed by atoms with Crippen molar-refractivity contribution in [3.05, 3.63) is 66.5 Å². The summed E-state index contributed by atoms with van der Waals surface area (Å²) in [6.07, 6.45) is 3.96. The summed E-state index contributed by atoms with van der Waals surface area (Å²) in [6.45, 7) is 3.57. The predicted molar refractivity (Wildman–Crippen MR) is 94.4 cm³/mol. The Bertz CT molecular complexity index is 741. The Hall–Kier alpha value is -2.99. The van der Waals surface area contributed by atoms with Gasteiger partial charge in [-0.1, -0.05) is 18.2 Å². The zero-order chi connectivity index (χ0) is 17.5. The number of carbonyl (C=O) groups excluding carboxylic acids is 2. The summed E-state index contributed by atoms with van der Waals surface area (Å²) < 4.78 is 0. The van der Waals surface area contributed by atoms with Crippen molar-refractivity contribution in [3.8, 4) is 0 Å². The van der Waals surface area contributed by atoms with Gasteiger partial charge in [0, 0.05) is 12.6 Å². The third-order valence-corrected chi connectivity index (χ3v) is 3.52. The molecule has 6 heteroatoms. The molecule has 5 N–H and O–H groups in total. The van der Waals surface area contributed by atoms with Crippen molar-refractivity contribution in [2.45, 2.75) is 18.9 Å². The highest BCUT2D eigenvalue weighted by atomic mass is 16.1. The summed E-state index contributed by atoms with van der Waals surface area (Å²) in [5, 5.41) is 2.71. The van der Waals surface area contributed by atoms with Gasteiger partial charge >= 0.3 is 0 Å². The average Bonchev–Trinajstić information content (AvgIpc) is 2.61. The molecule has 1 aromatic heterocycles. The number of amides is 1. The number of para-hydroxylation sites is 2. The first kappa shape index (κ1) is 17.4. The van der Waals surface area contributed by atoms with Crippen molar-refractivity contribution in [3.63, 3.8) is 0 Å². The third-order valence-electron chi connectivity index (χ3n) is 3.52. The number of nitrogen functional groups attached to an aromatic ring is 1. The fourth-order valence-corrected chi connectivity index (χ4v) is 2.09. The minimum atomic E-state index is -0.799. The van der Waals surface area contributed by atoms with Crippen LogP contribution < -0.4 is 16.8 Å². The summed E-state index contributed by atoms with van der Waals surface area (Å²) in [7, 11) is 0. The minimum Gasteiger partial charge on any atom is -0.397 e. The summed E-state index contributed by atoms with van der Waals surface area (Å²) in [5.41, 5.74) is 13.5. The lowest BCUT2D eigenvalue weighted by molar-refractivity contribution is -0.120. The standard InChI is InChI=1S/C18H20N4O2/c1-2-3-8-16(23)17(20)15-10-9-12(11-21-15)18(24)22-14-7-5-4-6-13(14)19/h2,4-7,9-11,17H,1,3,8,19-20H2,(H,22,24). The van der Waals surface area contributed by atoms with Gasteiger partial charge in [-0.25, -0.2) is 0 Å². The molecule has 124 valence electrons. The van der Waals surface area contributed by atoms with E-state index >= 15 is 0 Å². The summed E-state index contributed by atoms with van der Waals surface area (Å²) in [6, 6.07) is 9.34. The molecule has 0 saturated carbocycles. The number of nitrogens with two attached hydrogens (primary N) is 2. The number of allylic oxidation sites excluding steroid dienone is 1. The molecule has 0 bridgehead atoms. The molecular weight excluding hydrogens is 304 g/mol. The number of ketones is 1. The number of nitrogens with zero attached hydrogens (tertiary/aromatic N) is 1. The van der Waals surface area contributed by atoms with Crippen LogP contribution in [-0.4, -0.2) is 16.7 Å². The topological polar surface area (TPSA) is 111 Å². The number of pyridine rings is 1. The van der Waals surface area contributed by atoms with Crippen LogP contribution >= 0.6 is 0 Å². The first-order valence-electron chi connectivity index (χ1n) is 7.54. The number of rotatable bonds is 7. The van der Waals surface area contributed by atoms with E-state index in [1.165, 1.54) is 6.20 Å². The van der Waals surface area contributed by atoms with E-state index in [0.717, 1.165) is 0 Å². The molecule has 6 nitrogen and oxygen atoms in total. The lowest BCUT2D eigenvalue weighted by atomic mass is 10.0. The fourth-order valence-electron chi connectivity index (χ4n) is 2.09. The largest absolute Gasteiger partial charge is 0.397 e. The molecule has 0 radical (unpaired) electrons. The number of hydrogen-bond donors (Lipinski definition) is 3. The maximum absolute atomic E-state index is 12.2. The Morgan fingerprint density at radius 1 is 1.25 bits per heavy atom. The number of nitrogens with one attached hydrogen (secondary N) is 1. The number of hydrogen-bond acceptors (Lipinski definition) is 5. The Labute approximate surface area is 140 Å². The molecule has 0 aliphatic rings. The number of anilines is 2. The van der Waals surface area contributed by atoms with Crippen LogP contribution in [0.1, 0.15) is 34.9 Å². The van der Waals surface area contributed by atoms with Gasteiger partial charge in [-0.15, -0.1) is 6.58 Å². The van der Waals surface area contributed by atoms with Crippen LogP contribution in [-0.2, 0) is 4.79 Å². The van der Waals surface area contributed by atoms with Gasteiger partial charge in [0.15, 0.2) is 5.78 Å². The van der Waals surface area contributed by atoms with Crippen molar-refractivity contribution in [2.24, 2.45) is 5.73 Å². The van der Waals surface area contributed by atoms with Crippen molar-refractivity contribution in [2.75, 3.05) is 11.1 Å². The maximum Gasteiger partial charge on any atom is 0.257 e. The van der Waals surface area contributed by atoms with E-state index in [1.54, 1.807) is 42.5 Å². The molecule has 1 atom stereocenters. The van der Waals surface area contributed by atoms with Crippen LogP contribution in [0, 0.1) is 0 Å². The zero-order valence-corrected chi connectivity index (χ0v) is 13.2. The van der Waals surface area contributed by atoms with Crippen molar-refractivity contribution < 1.29 is 9.59 Å². The van der Waals surface area contributed by atoms with Crippen LogP contribution in [0.5, 0.6) is 0 Å². The highest BCUT2D eigenvalue weighted by Gasteiger charge is 2.17. The van der Waals surface area contributed by atoms with Gasteiger partial charge in [0.1, 0.15) is 6.04 Å². The molecule has 0 fully saturated rings. The monoisotopic (exact) mass is 324 g/mol. The molecule has 2 aromatic rings. The smallest absolute Gasteiger partial charge is 0.257 e. The van der Waals surface area contributed by atoms with Gasteiger partial charge in [0.25, 0.3) is 5.91 Å².